The fourth-order valence-electron chi connectivity index (χ4n) is 2.67. The third-order valence-electron chi connectivity index (χ3n) is 3.85. The molecule has 1 aliphatic heterocycles. The first kappa shape index (κ1) is 16.5. The van der Waals surface area contributed by atoms with Crippen molar-refractivity contribution in [1.29, 1.82) is 0 Å². The van der Waals surface area contributed by atoms with E-state index in [2.05, 4.69) is 38.8 Å². The lowest BCUT2D eigenvalue weighted by molar-refractivity contribution is -0.129. The van der Waals surface area contributed by atoms with Crippen LogP contribution in [0.2, 0.25) is 0 Å². The second kappa shape index (κ2) is 7.91. The highest BCUT2D eigenvalue weighted by atomic mass is 16.2. The quantitative estimate of drug-likeness (QED) is 0.786. The number of aromatic nitrogens is 3. The zero-order valence-corrected chi connectivity index (χ0v) is 13.8. The van der Waals surface area contributed by atoms with E-state index in [0.717, 1.165) is 57.9 Å². The molecule has 1 aromatic rings. The van der Waals surface area contributed by atoms with Crippen molar-refractivity contribution in [1.82, 2.24) is 20.1 Å². The van der Waals surface area contributed by atoms with E-state index in [9.17, 15) is 4.79 Å². The fourth-order valence-corrected chi connectivity index (χ4v) is 2.67. The molecule has 1 aliphatic rings. The smallest absolute Gasteiger partial charge is 0.247 e. The van der Waals surface area contributed by atoms with E-state index >= 15 is 0 Å². The first-order valence-corrected chi connectivity index (χ1v) is 8.10. The van der Waals surface area contributed by atoms with Crippen molar-refractivity contribution in [2.24, 2.45) is 0 Å². The predicted octanol–water partition coefficient (Wildman–Crippen LogP) is 1.17. The molecule has 0 N–H and O–H groups in total. The molecule has 0 aliphatic carbocycles. The Morgan fingerprint density at radius 3 is 2.36 bits per heavy atom. The molecular weight excluding hydrogens is 280 g/mol. The van der Waals surface area contributed by atoms with Gasteiger partial charge in [0.2, 0.25) is 11.9 Å². The van der Waals surface area contributed by atoms with Crippen molar-refractivity contribution in [2.45, 2.75) is 33.6 Å². The SMILES string of the molecule is CCCN(CCC)c1cnnc(N2CCN(C(C)=O)CC2)n1. The van der Waals surface area contributed by atoms with E-state index in [1.807, 2.05) is 4.90 Å². The van der Waals surface area contributed by atoms with Gasteiger partial charge >= 0.3 is 0 Å². The van der Waals surface area contributed by atoms with Crippen LogP contribution in [0.25, 0.3) is 0 Å². The monoisotopic (exact) mass is 306 g/mol. The minimum atomic E-state index is 0.129. The Kier molecular flexibility index (Phi) is 5.91. The zero-order valence-electron chi connectivity index (χ0n) is 13.8. The van der Waals surface area contributed by atoms with Crippen LogP contribution in [0.4, 0.5) is 11.8 Å². The number of piperazine rings is 1. The van der Waals surface area contributed by atoms with Gasteiger partial charge in [-0.3, -0.25) is 4.79 Å². The van der Waals surface area contributed by atoms with Crippen molar-refractivity contribution >= 4 is 17.7 Å². The summed E-state index contributed by atoms with van der Waals surface area (Å²) in [6, 6.07) is 0. The van der Waals surface area contributed by atoms with Gasteiger partial charge in [0, 0.05) is 46.2 Å². The number of carbonyl (C=O) groups excluding carboxylic acids is 1. The largest absolute Gasteiger partial charge is 0.355 e. The van der Waals surface area contributed by atoms with E-state index in [-0.39, 0.29) is 5.91 Å². The molecule has 0 saturated carbocycles. The summed E-state index contributed by atoms with van der Waals surface area (Å²) in [6.45, 7) is 10.8. The van der Waals surface area contributed by atoms with E-state index in [1.54, 1.807) is 13.1 Å². The Morgan fingerprint density at radius 2 is 1.82 bits per heavy atom. The third-order valence-corrected chi connectivity index (χ3v) is 3.85. The molecule has 1 amide bonds. The molecule has 0 spiro atoms. The van der Waals surface area contributed by atoms with Crippen LogP contribution in [0.5, 0.6) is 0 Å². The normalized spacial score (nSPS) is 15.0. The molecule has 1 aromatic heterocycles. The van der Waals surface area contributed by atoms with Gasteiger partial charge in [0.05, 0.1) is 6.20 Å². The molecule has 22 heavy (non-hydrogen) atoms. The van der Waals surface area contributed by atoms with E-state index in [0.29, 0.717) is 5.95 Å². The van der Waals surface area contributed by atoms with Gasteiger partial charge in [-0.1, -0.05) is 13.8 Å². The maximum Gasteiger partial charge on any atom is 0.247 e. The van der Waals surface area contributed by atoms with Crippen molar-refractivity contribution in [3.8, 4) is 0 Å². The molecule has 0 atom stereocenters. The van der Waals surface area contributed by atoms with Crippen molar-refractivity contribution in [3.05, 3.63) is 6.20 Å². The maximum absolute atomic E-state index is 11.4. The average molecular weight is 306 g/mol. The van der Waals surface area contributed by atoms with Crippen LogP contribution in [-0.4, -0.2) is 65.3 Å². The van der Waals surface area contributed by atoms with Crippen LogP contribution < -0.4 is 9.80 Å². The summed E-state index contributed by atoms with van der Waals surface area (Å²) in [5.74, 6) is 1.69. The Labute approximate surface area is 132 Å². The van der Waals surface area contributed by atoms with Gasteiger partial charge < -0.3 is 14.7 Å². The Morgan fingerprint density at radius 1 is 1.18 bits per heavy atom. The van der Waals surface area contributed by atoms with Gasteiger partial charge in [0.25, 0.3) is 0 Å². The minimum Gasteiger partial charge on any atom is -0.355 e. The molecule has 7 nitrogen and oxygen atoms in total. The molecule has 2 rings (SSSR count). The van der Waals surface area contributed by atoms with Crippen molar-refractivity contribution in [3.63, 3.8) is 0 Å². The number of anilines is 2. The highest BCUT2D eigenvalue weighted by Gasteiger charge is 2.21. The Hall–Kier alpha value is -1.92. The summed E-state index contributed by atoms with van der Waals surface area (Å²) in [6.07, 6.45) is 3.90. The van der Waals surface area contributed by atoms with E-state index in [1.165, 1.54) is 0 Å². The molecular formula is C15H26N6O. The van der Waals surface area contributed by atoms with Crippen LogP contribution in [0.15, 0.2) is 6.20 Å². The van der Waals surface area contributed by atoms with Gasteiger partial charge in [0.1, 0.15) is 0 Å². The summed E-state index contributed by atoms with van der Waals surface area (Å²) >= 11 is 0. The first-order valence-electron chi connectivity index (χ1n) is 8.10. The van der Waals surface area contributed by atoms with Crippen LogP contribution in [0, 0.1) is 0 Å². The number of nitrogens with zero attached hydrogens (tertiary/aromatic N) is 6. The molecule has 1 fully saturated rings. The maximum atomic E-state index is 11.4. The van der Waals surface area contributed by atoms with Gasteiger partial charge in [-0.05, 0) is 12.8 Å². The topological polar surface area (TPSA) is 65.5 Å². The molecule has 7 heteroatoms. The summed E-state index contributed by atoms with van der Waals surface area (Å²) in [5.41, 5.74) is 0. The number of hydrogen-bond donors (Lipinski definition) is 0. The number of carbonyl (C=O) groups is 1. The summed E-state index contributed by atoms with van der Waals surface area (Å²) in [5, 5.41) is 8.29. The lowest BCUT2D eigenvalue weighted by Gasteiger charge is -2.34. The number of hydrogen-bond acceptors (Lipinski definition) is 6. The first-order chi connectivity index (χ1) is 10.7. The lowest BCUT2D eigenvalue weighted by atomic mass is 10.3. The van der Waals surface area contributed by atoms with Crippen LogP contribution in [0.3, 0.4) is 0 Å². The van der Waals surface area contributed by atoms with Crippen molar-refractivity contribution in [2.75, 3.05) is 49.1 Å². The highest BCUT2D eigenvalue weighted by Crippen LogP contribution is 2.16. The Balaban J connectivity index is 2.06. The van der Waals surface area contributed by atoms with Crippen LogP contribution >= 0.6 is 0 Å². The highest BCUT2D eigenvalue weighted by molar-refractivity contribution is 5.73. The second-order valence-corrected chi connectivity index (χ2v) is 5.59. The van der Waals surface area contributed by atoms with Gasteiger partial charge in [-0.25, -0.2) is 0 Å². The predicted molar refractivity (Wildman–Crippen MR) is 87.1 cm³/mol. The van der Waals surface area contributed by atoms with E-state index < -0.39 is 0 Å². The molecule has 122 valence electrons. The molecule has 0 aromatic carbocycles. The zero-order chi connectivity index (χ0) is 15.9. The third kappa shape index (κ3) is 4.05. The van der Waals surface area contributed by atoms with Gasteiger partial charge in [-0.15, -0.1) is 5.10 Å². The molecule has 2 heterocycles. The standard InChI is InChI=1S/C15H26N6O/c1-4-6-20(7-5-2)14-12-16-18-15(17-14)21-10-8-19(9-11-21)13(3)22/h12H,4-11H2,1-3H3. The van der Waals surface area contributed by atoms with E-state index in [4.69, 9.17) is 0 Å². The summed E-state index contributed by atoms with van der Waals surface area (Å²) in [4.78, 5) is 22.3. The number of amides is 1. The second-order valence-electron chi connectivity index (χ2n) is 5.59. The van der Waals surface area contributed by atoms with Crippen LogP contribution in [0.1, 0.15) is 33.6 Å². The summed E-state index contributed by atoms with van der Waals surface area (Å²) in [7, 11) is 0. The molecule has 0 bridgehead atoms. The minimum absolute atomic E-state index is 0.129. The van der Waals surface area contributed by atoms with Gasteiger partial charge in [-0.2, -0.15) is 10.1 Å². The van der Waals surface area contributed by atoms with Gasteiger partial charge in [0.15, 0.2) is 5.82 Å². The Bertz CT molecular complexity index is 481. The average Bonchev–Trinajstić information content (AvgIpc) is 2.55. The van der Waals surface area contributed by atoms with Crippen LogP contribution in [-0.2, 0) is 4.79 Å². The van der Waals surface area contributed by atoms with Crippen molar-refractivity contribution < 1.29 is 4.79 Å². The molecule has 0 radical (unpaired) electrons. The lowest BCUT2D eigenvalue weighted by Crippen LogP contribution is -2.48. The molecule has 0 unspecified atom stereocenters. The molecule has 1 saturated heterocycles. The summed E-state index contributed by atoms with van der Waals surface area (Å²) < 4.78 is 0. The fraction of sp³-hybridized carbons (Fsp3) is 0.733. The number of rotatable bonds is 6.